The molecule has 0 bridgehead atoms. The van der Waals surface area contributed by atoms with Crippen molar-refractivity contribution in [1.82, 2.24) is 0 Å². The quantitative estimate of drug-likeness (QED) is 0.157. The lowest BCUT2D eigenvalue weighted by Gasteiger charge is -2.28. The molecule has 0 N–H and O–H groups in total. The van der Waals surface area contributed by atoms with Gasteiger partial charge in [0.1, 0.15) is 0 Å². The van der Waals surface area contributed by atoms with Gasteiger partial charge < -0.3 is 4.90 Å². The van der Waals surface area contributed by atoms with Crippen LogP contribution in [-0.4, -0.2) is 0 Å². The molecule has 0 aliphatic carbocycles. The summed E-state index contributed by atoms with van der Waals surface area (Å²) in [5.74, 6) is 0. The van der Waals surface area contributed by atoms with Gasteiger partial charge in [0, 0.05) is 16.8 Å². The van der Waals surface area contributed by atoms with E-state index in [1.54, 1.807) is 4.90 Å². The highest BCUT2D eigenvalue weighted by molar-refractivity contribution is 6.15. The number of nitrogens with zero attached hydrogens (tertiary/aromatic N) is 1. The molecule has 0 unspecified atom stereocenters. The molecule has 0 aromatic heterocycles. The van der Waals surface area contributed by atoms with E-state index in [0.29, 0.717) is 11.4 Å². The van der Waals surface area contributed by atoms with E-state index < -0.39 is 101 Å². The fraction of sp³-hybridized carbons (Fsp3) is 0. The number of hydrogen-bond donors (Lipinski definition) is 0. The van der Waals surface area contributed by atoms with Crippen LogP contribution in [0.3, 0.4) is 0 Å². The van der Waals surface area contributed by atoms with Crippen LogP contribution in [0.2, 0.25) is 0 Å². The minimum absolute atomic E-state index is 0.121. The Hall–Kier alpha value is -6.96. The molecule has 0 saturated heterocycles. The van der Waals surface area contributed by atoms with Gasteiger partial charge in [0.2, 0.25) is 0 Å². The third-order valence-corrected chi connectivity index (χ3v) is 9.65. The molecule has 1 nitrogen and oxygen atoms in total. The first-order chi connectivity index (χ1) is 31.7. The lowest BCUT2D eigenvalue weighted by molar-refractivity contribution is 1.30. The van der Waals surface area contributed by atoms with E-state index in [2.05, 4.69) is 30.3 Å². The number of hydrogen-bond acceptors (Lipinski definition) is 1. The maximum Gasteiger partial charge on any atom is 0.0645 e. The maximum atomic E-state index is 9.66. The Morgan fingerprint density at radius 3 is 1.38 bits per heavy atom. The molecule has 0 aliphatic heterocycles. The summed E-state index contributed by atoms with van der Waals surface area (Å²) < 4.78 is 116. The van der Waals surface area contributed by atoms with Gasteiger partial charge in [0.15, 0.2) is 0 Å². The highest BCUT2D eigenvalue weighted by Crippen LogP contribution is 2.43. The van der Waals surface area contributed by atoms with E-state index in [1.807, 2.05) is 103 Å². The predicted octanol–water partition coefficient (Wildman–Crippen LogP) is 14.8. The Labute approximate surface area is 327 Å². The molecule has 10 rings (SSSR count). The first-order valence-corrected chi connectivity index (χ1v) is 17.2. The lowest BCUT2D eigenvalue weighted by atomic mass is 9.93. The van der Waals surface area contributed by atoms with Crippen molar-refractivity contribution in [2.45, 2.75) is 0 Å². The zero-order chi connectivity index (χ0) is 46.5. The molecule has 0 spiro atoms. The predicted molar refractivity (Wildman–Crippen MR) is 227 cm³/mol. The van der Waals surface area contributed by atoms with Crippen LogP contribution in [-0.2, 0) is 0 Å². The van der Waals surface area contributed by atoms with E-state index >= 15 is 0 Å². The van der Waals surface area contributed by atoms with Crippen molar-refractivity contribution < 1.29 is 17.8 Å². The van der Waals surface area contributed by atoms with Crippen LogP contribution in [0.5, 0.6) is 0 Å². The fourth-order valence-corrected chi connectivity index (χ4v) is 7.17. The van der Waals surface area contributed by atoms with Gasteiger partial charge in [0.05, 0.1) is 23.5 Å². The van der Waals surface area contributed by atoms with Gasteiger partial charge in [-0.1, -0.05) is 176 Å². The molecule has 10 aromatic carbocycles. The van der Waals surface area contributed by atoms with Gasteiger partial charge in [-0.15, -0.1) is 0 Å². The van der Waals surface area contributed by atoms with Gasteiger partial charge in [-0.3, -0.25) is 0 Å². The summed E-state index contributed by atoms with van der Waals surface area (Å²) in [6, 6.07) is 34.9. The summed E-state index contributed by atoms with van der Waals surface area (Å²) in [6.07, 6.45) is 0. The van der Waals surface area contributed by atoms with E-state index in [4.69, 9.17) is 12.3 Å². The highest BCUT2D eigenvalue weighted by atomic mass is 15.1. The molecule has 0 fully saturated rings. The van der Waals surface area contributed by atoms with Gasteiger partial charge in [-0.2, -0.15) is 0 Å². The van der Waals surface area contributed by atoms with E-state index in [-0.39, 0.29) is 5.69 Å². The SMILES string of the molecule is [2H]c1c([2H])c([2H])c(-c2c([2H])c([2H])c(-c3c([2H])c([2H])c(N(c4ccc(-c5cc6ccccc6c6ccccc56)cc4)c4cc5ccccc5c5ccccc45)c([2H])c3[2H])c([2H])c2[2H])c([2H])c1[2H]. The van der Waals surface area contributed by atoms with Crippen molar-refractivity contribution in [3.8, 4) is 33.4 Å². The average Bonchev–Trinajstić information content (AvgIpc) is 3.34. The Bertz CT molecular complexity index is 3610. The second-order valence-corrected chi connectivity index (χ2v) is 12.7. The summed E-state index contributed by atoms with van der Waals surface area (Å²) in [4.78, 5) is 1.69. The molecule has 10 aromatic rings. The third-order valence-electron chi connectivity index (χ3n) is 9.65. The van der Waals surface area contributed by atoms with Crippen LogP contribution >= 0.6 is 0 Å². The Morgan fingerprint density at radius 1 is 0.321 bits per heavy atom. The van der Waals surface area contributed by atoms with Crippen molar-refractivity contribution in [2.24, 2.45) is 0 Å². The Kier molecular flexibility index (Phi) is 4.94. The van der Waals surface area contributed by atoms with Gasteiger partial charge in [0.25, 0.3) is 0 Å². The van der Waals surface area contributed by atoms with Crippen molar-refractivity contribution >= 4 is 60.2 Å². The first-order valence-electron chi connectivity index (χ1n) is 23.7. The molecule has 0 aliphatic rings. The Balaban J connectivity index is 1.21. The molecule has 0 amide bonds. The van der Waals surface area contributed by atoms with Crippen molar-refractivity contribution in [3.63, 3.8) is 0 Å². The average molecular weight is 687 g/mol. The van der Waals surface area contributed by atoms with Crippen molar-refractivity contribution in [1.29, 1.82) is 0 Å². The first kappa shape index (κ1) is 20.2. The third kappa shape index (κ3) is 5.51. The standard InChI is InChI=1S/C52H35N/c1-2-12-36(13-3-1)37-22-24-38(25-23-37)39-26-30-43(31-27-39)53(52-35-42-15-5-7-17-46(42)48-19-10-11-21-50(48)52)44-32-28-40(29-33-44)51-34-41-14-4-6-16-45(41)47-18-8-9-20-49(47)51/h1-35H/i1D,2D,3D,12D,13D,22D,23D,24D,25D,26D,27D,30D,31D. The van der Waals surface area contributed by atoms with Crippen LogP contribution in [0.15, 0.2) is 212 Å². The normalized spacial score (nSPS) is 14.8. The minimum atomic E-state index is -0.769. The van der Waals surface area contributed by atoms with Crippen LogP contribution in [0, 0.1) is 0 Å². The van der Waals surface area contributed by atoms with E-state index in [1.165, 1.54) is 0 Å². The van der Waals surface area contributed by atoms with Gasteiger partial charge >= 0.3 is 0 Å². The smallest absolute Gasteiger partial charge is 0.0645 e. The number of anilines is 3. The van der Waals surface area contributed by atoms with E-state index in [0.717, 1.165) is 54.2 Å². The molecule has 0 saturated carbocycles. The summed E-state index contributed by atoms with van der Waals surface area (Å²) in [5, 5.41) is 7.88. The second-order valence-electron chi connectivity index (χ2n) is 12.7. The van der Waals surface area contributed by atoms with Crippen molar-refractivity contribution in [2.75, 3.05) is 4.90 Å². The molecule has 1 heteroatoms. The van der Waals surface area contributed by atoms with Crippen LogP contribution in [0.4, 0.5) is 17.1 Å². The van der Waals surface area contributed by atoms with Gasteiger partial charge in [-0.25, -0.2) is 0 Å². The Morgan fingerprint density at radius 2 is 0.774 bits per heavy atom. The van der Waals surface area contributed by atoms with Crippen LogP contribution in [0.1, 0.15) is 17.8 Å². The number of fused-ring (bicyclic) bond motifs is 6. The zero-order valence-electron chi connectivity index (χ0n) is 41.1. The molecule has 53 heavy (non-hydrogen) atoms. The topological polar surface area (TPSA) is 3.24 Å². The zero-order valence-corrected chi connectivity index (χ0v) is 28.1. The molecule has 0 radical (unpaired) electrons. The molecular weight excluding hydrogens is 639 g/mol. The highest BCUT2D eigenvalue weighted by Gasteiger charge is 2.18. The summed E-state index contributed by atoms with van der Waals surface area (Å²) in [7, 11) is 0. The van der Waals surface area contributed by atoms with E-state index in [9.17, 15) is 5.48 Å². The van der Waals surface area contributed by atoms with Crippen LogP contribution < -0.4 is 4.90 Å². The van der Waals surface area contributed by atoms with Crippen molar-refractivity contribution in [3.05, 3.63) is 212 Å². The maximum absolute atomic E-state index is 9.66. The molecule has 248 valence electrons. The monoisotopic (exact) mass is 686 g/mol. The largest absolute Gasteiger partial charge is 0.310 e. The molecule has 0 atom stereocenters. The lowest BCUT2D eigenvalue weighted by Crippen LogP contribution is -2.10. The number of benzene rings is 10. The summed E-state index contributed by atoms with van der Waals surface area (Å²) in [5.41, 5.74) is 0.784. The molecule has 0 heterocycles. The summed E-state index contributed by atoms with van der Waals surface area (Å²) in [6.45, 7) is 0. The molecular formula is C52H35N. The summed E-state index contributed by atoms with van der Waals surface area (Å²) >= 11 is 0. The minimum Gasteiger partial charge on any atom is -0.310 e. The van der Waals surface area contributed by atoms with Gasteiger partial charge in [-0.05, 0) is 107 Å². The number of rotatable bonds is 6. The van der Waals surface area contributed by atoms with Crippen LogP contribution in [0.25, 0.3) is 76.5 Å². The second kappa shape index (κ2) is 13.0. The fourth-order valence-electron chi connectivity index (χ4n) is 7.17.